The van der Waals surface area contributed by atoms with Gasteiger partial charge < -0.3 is 4.74 Å². The van der Waals surface area contributed by atoms with Crippen LogP contribution in [0.25, 0.3) is 16.7 Å². The molecule has 0 aliphatic heterocycles. The lowest BCUT2D eigenvalue weighted by Crippen LogP contribution is -2.17. The number of rotatable bonds is 3. The lowest BCUT2D eigenvalue weighted by molar-refractivity contribution is 0.153. The fraction of sp³-hybridized carbons (Fsp3) is 0.188. The molecule has 0 aliphatic carbocycles. The number of halogens is 2. The van der Waals surface area contributed by atoms with Gasteiger partial charge in [-0.05, 0) is 37.3 Å². The summed E-state index contributed by atoms with van der Waals surface area (Å²) in [6.07, 6.45) is -2.81. The topological polar surface area (TPSA) is 59.9 Å². The summed E-state index contributed by atoms with van der Waals surface area (Å²) in [5.41, 5.74) is -0.129. The molecule has 2 heterocycles. The monoisotopic (exact) mass is 349 g/mol. The van der Waals surface area contributed by atoms with Gasteiger partial charge in [0.1, 0.15) is 5.75 Å². The van der Waals surface area contributed by atoms with E-state index in [2.05, 4.69) is 9.97 Å². The number of aryl methyl sites for hydroxylation is 1. The second-order valence-corrected chi connectivity index (χ2v) is 5.51. The van der Waals surface area contributed by atoms with Crippen LogP contribution in [0.3, 0.4) is 0 Å². The molecule has 0 aliphatic rings. The molecule has 124 valence electrons. The van der Waals surface area contributed by atoms with Crippen molar-refractivity contribution in [3.63, 3.8) is 0 Å². The first-order chi connectivity index (χ1) is 11.4. The maximum atomic E-state index is 13.4. The van der Waals surface area contributed by atoms with Crippen molar-refractivity contribution in [2.24, 2.45) is 0 Å². The van der Waals surface area contributed by atoms with Crippen molar-refractivity contribution in [2.75, 3.05) is 7.11 Å². The van der Waals surface area contributed by atoms with Gasteiger partial charge in [0.05, 0.1) is 18.2 Å². The second kappa shape index (κ2) is 6.12. The highest BCUT2D eigenvalue weighted by molar-refractivity contribution is 7.71. The SMILES string of the molecule is COc1ccccc1-n1c(=S)[nH]c(=O)c2c(C(F)F)cc(C)nc21. The Hall–Kier alpha value is -2.61. The molecule has 0 atom stereocenters. The summed E-state index contributed by atoms with van der Waals surface area (Å²) >= 11 is 5.23. The number of aromatic amines is 1. The number of ether oxygens (including phenoxy) is 1. The number of hydrogen-bond acceptors (Lipinski definition) is 4. The Morgan fingerprint density at radius 1 is 1.33 bits per heavy atom. The van der Waals surface area contributed by atoms with E-state index in [1.54, 1.807) is 31.2 Å². The second-order valence-electron chi connectivity index (χ2n) is 5.12. The van der Waals surface area contributed by atoms with Crippen LogP contribution in [0.15, 0.2) is 35.1 Å². The largest absolute Gasteiger partial charge is 0.495 e. The quantitative estimate of drug-likeness (QED) is 0.733. The van der Waals surface area contributed by atoms with E-state index in [1.807, 2.05) is 0 Å². The number of nitrogens with one attached hydrogen (secondary N) is 1. The van der Waals surface area contributed by atoms with Crippen molar-refractivity contribution in [3.05, 3.63) is 56.7 Å². The van der Waals surface area contributed by atoms with E-state index >= 15 is 0 Å². The van der Waals surface area contributed by atoms with Gasteiger partial charge in [-0.3, -0.25) is 14.3 Å². The molecule has 2 aromatic heterocycles. The summed E-state index contributed by atoms with van der Waals surface area (Å²) in [6.45, 7) is 1.59. The van der Waals surface area contributed by atoms with Gasteiger partial charge in [-0.15, -0.1) is 0 Å². The molecule has 0 saturated carbocycles. The number of methoxy groups -OCH3 is 1. The molecular weight excluding hydrogens is 336 g/mol. The van der Waals surface area contributed by atoms with Crippen LogP contribution in [0.2, 0.25) is 0 Å². The Kier molecular flexibility index (Phi) is 4.15. The lowest BCUT2D eigenvalue weighted by atomic mass is 10.1. The van der Waals surface area contributed by atoms with Crippen LogP contribution >= 0.6 is 12.2 Å². The van der Waals surface area contributed by atoms with Gasteiger partial charge in [-0.25, -0.2) is 13.8 Å². The molecule has 3 aromatic rings. The molecule has 1 aromatic carbocycles. The van der Waals surface area contributed by atoms with Crippen LogP contribution in [0.5, 0.6) is 5.75 Å². The minimum atomic E-state index is -2.81. The number of nitrogens with zero attached hydrogens (tertiary/aromatic N) is 2. The predicted molar refractivity (Wildman–Crippen MR) is 88.8 cm³/mol. The van der Waals surface area contributed by atoms with Gasteiger partial charge in [-0.1, -0.05) is 12.1 Å². The number of hydrogen-bond donors (Lipinski definition) is 1. The first kappa shape index (κ1) is 16.3. The highest BCUT2D eigenvalue weighted by Gasteiger charge is 2.20. The van der Waals surface area contributed by atoms with Crippen molar-refractivity contribution in [3.8, 4) is 11.4 Å². The maximum Gasteiger partial charge on any atom is 0.264 e. The molecule has 0 amide bonds. The highest BCUT2D eigenvalue weighted by Crippen LogP contribution is 2.29. The Morgan fingerprint density at radius 2 is 2.04 bits per heavy atom. The number of aromatic nitrogens is 3. The maximum absolute atomic E-state index is 13.4. The molecular formula is C16H13F2N3O2S. The van der Waals surface area contributed by atoms with E-state index in [0.717, 1.165) is 0 Å². The molecule has 24 heavy (non-hydrogen) atoms. The van der Waals surface area contributed by atoms with Gasteiger partial charge in [0.25, 0.3) is 12.0 Å². The van der Waals surface area contributed by atoms with E-state index in [-0.39, 0.29) is 21.4 Å². The van der Waals surface area contributed by atoms with Crippen LogP contribution in [0.4, 0.5) is 8.78 Å². The van der Waals surface area contributed by atoms with Crippen molar-refractivity contribution >= 4 is 23.3 Å². The minimum Gasteiger partial charge on any atom is -0.495 e. The van der Waals surface area contributed by atoms with Gasteiger partial charge in [0.2, 0.25) is 0 Å². The molecule has 5 nitrogen and oxygen atoms in total. The molecule has 0 fully saturated rings. The molecule has 0 bridgehead atoms. The number of benzene rings is 1. The van der Waals surface area contributed by atoms with E-state index in [0.29, 0.717) is 17.1 Å². The van der Waals surface area contributed by atoms with Crippen molar-refractivity contribution in [2.45, 2.75) is 13.3 Å². The fourth-order valence-electron chi connectivity index (χ4n) is 2.60. The molecule has 8 heteroatoms. The Labute approximate surface area is 140 Å². The van der Waals surface area contributed by atoms with Crippen molar-refractivity contribution < 1.29 is 13.5 Å². The van der Waals surface area contributed by atoms with Crippen molar-refractivity contribution in [1.29, 1.82) is 0 Å². The van der Waals surface area contributed by atoms with Gasteiger partial charge in [0, 0.05) is 11.3 Å². The summed E-state index contributed by atoms with van der Waals surface area (Å²) < 4.78 is 33.6. The Morgan fingerprint density at radius 3 is 2.71 bits per heavy atom. The summed E-state index contributed by atoms with van der Waals surface area (Å²) in [7, 11) is 1.49. The third kappa shape index (κ3) is 2.58. The highest BCUT2D eigenvalue weighted by atomic mass is 32.1. The first-order valence-corrected chi connectivity index (χ1v) is 7.43. The van der Waals surface area contributed by atoms with E-state index in [4.69, 9.17) is 17.0 Å². The molecule has 0 saturated heterocycles. The van der Waals surface area contributed by atoms with Crippen LogP contribution in [0.1, 0.15) is 17.7 Å². The molecule has 0 unspecified atom stereocenters. The summed E-state index contributed by atoms with van der Waals surface area (Å²) in [5.74, 6) is 0.476. The normalized spacial score (nSPS) is 11.2. The van der Waals surface area contributed by atoms with Crippen molar-refractivity contribution in [1.82, 2.24) is 14.5 Å². The average Bonchev–Trinajstić information content (AvgIpc) is 2.54. The van der Waals surface area contributed by atoms with Gasteiger partial charge in [0.15, 0.2) is 10.4 Å². The zero-order valence-electron chi connectivity index (χ0n) is 12.8. The summed E-state index contributed by atoms with van der Waals surface area (Å²) in [6, 6.07) is 8.14. The average molecular weight is 349 g/mol. The standard InChI is InChI=1S/C16H13F2N3O2S/c1-8-7-9(13(17)18)12-14(19-8)21(16(24)20-15(12)22)10-5-3-4-6-11(10)23-2/h3-7,13H,1-2H3,(H,20,22,24). The molecule has 0 spiro atoms. The Bertz CT molecular complexity index is 1040. The summed E-state index contributed by atoms with van der Waals surface area (Å²) in [5, 5.41) is -0.185. The Balaban J connectivity index is 2.54. The third-order valence-electron chi connectivity index (χ3n) is 3.58. The first-order valence-electron chi connectivity index (χ1n) is 7.02. The lowest BCUT2D eigenvalue weighted by Gasteiger charge is -2.15. The molecule has 3 rings (SSSR count). The zero-order valence-corrected chi connectivity index (χ0v) is 13.7. The van der Waals surface area contributed by atoms with E-state index in [1.165, 1.54) is 17.7 Å². The summed E-state index contributed by atoms with van der Waals surface area (Å²) in [4.78, 5) is 19.0. The van der Waals surface area contributed by atoms with Crippen LogP contribution < -0.4 is 10.3 Å². The molecule has 1 N–H and O–H groups in total. The smallest absolute Gasteiger partial charge is 0.264 e. The zero-order chi connectivity index (χ0) is 17.4. The van der Waals surface area contributed by atoms with E-state index in [9.17, 15) is 13.6 Å². The van der Waals surface area contributed by atoms with Crippen LogP contribution in [-0.4, -0.2) is 21.6 Å². The van der Waals surface area contributed by atoms with Crippen LogP contribution in [0, 0.1) is 11.7 Å². The molecule has 0 radical (unpaired) electrons. The number of H-pyrrole nitrogens is 1. The van der Waals surface area contributed by atoms with Crippen LogP contribution in [-0.2, 0) is 0 Å². The third-order valence-corrected chi connectivity index (χ3v) is 3.87. The number of fused-ring (bicyclic) bond motifs is 1. The van der Waals surface area contributed by atoms with Gasteiger partial charge in [-0.2, -0.15) is 0 Å². The predicted octanol–water partition coefficient (Wildman–Crippen LogP) is 3.70. The minimum absolute atomic E-state index is 0.0512. The van der Waals surface area contributed by atoms with Gasteiger partial charge >= 0.3 is 0 Å². The fourth-order valence-corrected chi connectivity index (χ4v) is 2.88. The van der Waals surface area contributed by atoms with E-state index < -0.39 is 12.0 Å². The number of pyridine rings is 1. The number of alkyl halides is 2. The number of para-hydroxylation sites is 2.